The van der Waals surface area contributed by atoms with Gasteiger partial charge in [0, 0.05) is 48.7 Å². The van der Waals surface area contributed by atoms with Gasteiger partial charge in [-0.15, -0.1) is 0 Å². The molecule has 2 aromatic rings. The van der Waals surface area contributed by atoms with Crippen molar-refractivity contribution in [2.75, 3.05) is 39.2 Å². The second-order valence-electron chi connectivity index (χ2n) is 15.3. The first kappa shape index (κ1) is 45.5. The Hall–Kier alpha value is -3.67. The highest BCUT2D eigenvalue weighted by atomic mass is 32.2. The number of rotatable bonds is 11. The number of nitrogens with two attached hydrogens (primary N) is 1. The van der Waals surface area contributed by atoms with E-state index < -0.39 is 16.6 Å². The van der Waals surface area contributed by atoms with Crippen LogP contribution in [0.3, 0.4) is 0 Å². The van der Waals surface area contributed by atoms with Gasteiger partial charge in [-0.25, -0.2) is 4.21 Å². The Kier molecular flexibility index (Phi) is 16.8. The van der Waals surface area contributed by atoms with Gasteiger partial charge in [-0.2, -0.15) is 13.2 Å². The maximum atomic E-state index is 11.0. The molecule has 1 aliphatic heterocycles. The Bertz CT molecular complexity index is 1670. The maximum absolute atomic E-state index is 11.0. The Morgan fingerprint density at radius 1 is 0.962 bits per heavy atom. The molecule has 0 fully saturated rings. The van der Waals surface area contributed by atoms with Crippen molar-refractivity contribution in [3.8, 4) is 0 Å². The second kappa shape index (κ2) is 19.6. The number of benzene rings is 2. The third kappa shape index (κ3) is 12.7. The first-order chi connectivity index (χ1) is 24.7. The summed E-state index contributed by atoms with van der Waals surface area (Å²) in [7, 11) is 5.09. The molecule has 11 heteroatoms. The smallest absolute Gasteiger partial charge is 0.462 e. The Labute approximate surface area is 318 Å². The molecule has 0 aromatic heterocycles. The van der Waals surface area contributed by atoms with Gasteiger partial charge >= 0.3 is 5.51 Å². The van der Waals surface area contributed by atoms with E-state index in [1.54, 1.807) is 0 Å². The summed E-state index contributed by atoms with van der Waals surface area (Å²) in [5, 5.41) is 2.35. The van der Waals surface area contributed by atoms with E-state index in [2.05, 4.69) is 153 Å². The molecule has 0 radical (unpaired) electrons. The van der Waals surface area contributed by atoms with Gasteiger partial charge in [0.05, 0.1) is 13.7 Å². The average molecular weight is 761 g/mol. The highest BCUT2D eigenvalue weighted by molar-refractivity contribution is 7.81. The summed E-state index contributed by atoms with van der Waals surface area (Å²) in [6.07, 6.45) is 12.8. The van der Waals surface area contributed by atoms with Crippen LogP contribution >= 0.6 is 0 Å². The molecule has 1 heterocycles. The van der Waals surface area contributed by atoms with E-state index in [1.165, 1.54) is 45.0 Å². The van der Waals surface area contributed by atoms with Crippen LogP contribution in [0, 0.1) is 0 Å². The molecule has 7 nitrogen and oxygen atoms in total. The van der Waals surface area contributed by atoms with Crippen molar-refractivity contribution in [2.24, 2.45) is 0 Å². The van der Waals surface area contributed by atoms with E-state index in [9.17, 15) is 22.2 Å². The van der Waals surface area contributed by atoms with E-state index in [4.69, 9.17) is 0 Å². The minimum Gasteiger partial charge on any atom is -0.462 e. The van der Waals surface area contributed by atoms with Crippen molar-refractivity contribution in [2.45, 2.75) is 104 Å². The molecule has 1 atom stereocenters. The number of allylic oxidation sites excluding steroid dienone is 7. The molecule has 53 heavy (non-hydrogen) atoms. The number of quaternary nitrogens is 1. The largest absolute Gasteiger partial charge is 0.497 e. The number of hydrogen-bond acceptors (Lipinski definition) is 6. The molecule has 2 aromatic carbocycles. The molecular weight excluding hydrogens is 700 g/mol. The zero-order valence-electron chi connectivity index (χ0n) is 33.7. The van der Waals surface area contributed by atoms with Gasteiger partial charge in [0.15, 0.2) is 0 Å². The molecule has 1 unspecified atom stereocenters. The lowest BCUT2D eigenvalue weighted by molar-refractivity contribution is -0.568. The van der Waals surface area contributed by atoms with E-state index >= 15 is 0 Å². The molecule has 0 amide bonds. The van der Waals surface area contributed by atoms with Gasteiger partial charge in [-0.1, -0.05) is 82.3 Å². The number of likely N-dealkylation sites (N-methyl/N-ethyl adjacent to an activating group) is 2. The Balaban J connectivity index is 0.000000543. The summed E-state index contributed by atoms with van der Waals surface area (Å²) in [5.74, 6) is 0. The summed E-state index contributed by atoms with van der Waals surface area (Å²) in [6.45, 7) is 21.9. The van der Waals surface area contributed by atoms with Crippen LogP contribution in [0.1, 0.15) is 92.7 Å². The summed E-state index contributed by atoms with van der Waals surface area (Å²) >= 11 is -3.14. The number of carbonyl (C=O) groups is 1. The number of ether oxygens (including phenoxy) is 1. The minimum absolute atomic E-state index is 0.00404. The van der Waals surface area contributed by atoms with Crippen molar-refractivity contribution < 1.29 is 36.4 Å². The molecule has 4 rings (SSSR count). The summed E-state index contributed by atoms with van der Waals surface area (Å²) in [5.41, 5.74) is 6.28. The molecule has 294 valence electrons. The molecular formula is C42H61F3N3O4S+. The number of alkyl halides is 3. The maximum Gasteiger partial charge on any atom is 0.497 e. The number of anilines is 1. The predicted octanol–water partition coefficient (Wildman–Crippen LogP) is 9.14. The van der Waals surface area contributed by atoms with Gasteiger partial charge in [0.25, 0.3) is 17.6 Å². The van der Waals surface area contributed by atoms with Crippen LogP contribution in [-0.2, 0) is 35.6 Å². The molecule has 2 N–H and O–H groups in total. The average Bonchev–Trinajstić information content (AvgIpc) is 3.58. The summed E-state index contributed by atoms with van der Waals surface area (Å²) in [4.78, 5) is 14.4. The third-order valence-corrected chi connectivity index (χ3v) is 9.76. The molecule has 1 aliphatic carbocycles. The number of fused-ring (bicyclic) bond motifs is 1. The number of para-hydroxylation sites is 2. The zero-order valence-corrected chi connectivity index (χ0v) is 34.5. The standard InChI is InChI=1S/C35H47N3.C5H10O2.C2H3F3O2S/c1-9-36-30-19-13-11-17-28(30)34(3,4)25-15-16-26-21-22-27(33(26)37(7)8)23-24-32-35(5,6)29-18-12-14-20-31(29)38(32)10-2;1-5(2,3)7-4-6;1-7-8(6)2(3,4)5/h11-20,23-24,36H,9-10,21-22,25H2,1-8H3;4H,1-3H3;1H3/p+1/b16-15+,27-23+,32-24+;;. The summed E-state index contributed by atoms with van der Waals surface area (Å²) in [6, 6.07) is 17.7. The molecule has 0 saturated carbocycles. The molecule has 0 saturated heterocycles. The van der Waals surface area contributed by atoms with Crippen LogP contribution in [0.5, 0.6) is 0 Å². The fraction of sp³-hybridized carbons (Fsp3) is 0.500. The topological polar surface area (TPSA) is 75.7 Å². The lowest BCUT2D eigenvalue weighted by atomic mass is 9.80. The monoisotopic (exact) mass is 760 g/mol. The number of halogens is 3. The highest BCUT2D eigenvalue weighted by Gasteiger charge is 2.39. The first-order valence-electron chi connectivity index (χ1n) is 18.1. The SMILES string of the molecule is CC(C)(C)OC=O.CC[NH2+]c1ccccc1C(C)(C)C/C=C/C1=C(N(C)C)C(=C/C=C2/N(CC)c3ccccc3C2(C)C)/CC1.COS(=O)C(F)(F)F. The normalized spacial score (nSPS) is 17.7. The molecule has 0 bridgehead atoms. The van der Waals surface area contributed by atoms with Gasteiger partial charge < -0.3 is 19.9 Å². The van der Waals surface area contributed by atoms with Crippen LogP contribution in [0.4, 0.5) is 24.5 Å². The van der Waals surface area contributed by atoms with E-state index in [1.807, 2.05) is 20.8 Å². The predicted molar refractivity (Wildman–Crippen MR) is 212 cm³/mol. The lowest BCUT2D eigenvalue weighted by Gasteiger charge is -2.26. The van der Waals surface area contributed by atoms with E-state index in [0.717, 1.165) is 39.5 Å². The van der Waals surface area contributed by atoms with Crippen molar-refractivity contribution in [1.29, 1.82) is 0 Å². The van der Waals surface area contributed by atoms with E-state index in [0.29, 0.717) is 6.47 Å². The quantitative estimate of drug-likeness (QED) is 0.182. The Morgan fingerprint density at radius 3 is 2.09 bits per heavy atom. The van der Waals surface area contributed by atoms with Gasteiger partial charge in [0.1, 0.15) is 11.3 Å². The van der Waals surface area contributed by atoms with Crippen molar-refractivity contribution in [1.82, 2.24) is 4.90 Å². The van der Waals surface area contributed by atoms with Crippen LogP contribution in [-0.4, -0.2) is 61.0 Å². The van der Waals surface area contributed by atoms with Crippen LogP contribution in [0.15, 0.2) is 95.4 Å². The van der Waals surface area contributed by atoms with Crippen LogP contribution in [0.2, 0.25) is 0 Å². The van der Waals surface area contributed by atoms with Gasteiger partial charge in [0.2, 0.25) is 0 Å². The van der Waals surface area contributed by atoms with Crippen molar-refractivity contribution >= 4 is 28.9 Å². The minimum atomic E-state index is -4.74. The number of hydrogen-bond donors (Lipinski definition) is 1. The second-order valence-corrected chi connectivity index (χ2v) is 16.5. The van der Waals surface area contributed by atoms with Crippen molar-refractivity contribution in [3.05, 3.63) is 107 Å². The Morgan fingerprint density at radius 2 is 1.58 bits per heavy atom. The fourth-order valence-electron chi connectivity index (χ4n) is 6.63. The van der Waals surface area contributed by atoms with Gasteiger partial charge in [-0.3, -0.25) is 8.98 Å². The van der Waals surface area contributed by atoms with E-state index in [-0.39, 0.29) is 16.4 Å². The highest BCUT2D eigenvalue weighted by Crippen LogP contribution is 2.47. The third-order valence-electron chi connectivity index (χ3n) is 9.08. The summed E-state index contributed by atoms with van der Waals surface area (Å²) < 4.78 is 50.7. The van der Waals surface area contributed by atoms with Gasteiger partial charge in [-0.05, 0) is 94.2 Å². The first-order valence-corrected chi connectivity index (χ1v) is 19.2. The van der Waals surface area contributed by atoms with Crippen LogP contribution in [0.25, 0.3) is 0 Å². The zero-order chi connectivity index (χ0) is 40.2. The number of nitrogens with zero attached hydrogens (tertiary/aromatic N) is 2. The molecule has 0 spiro atoms. The lowest BCUT2D eigenvalue weighted by Crippen LogP contribution is -2.77. The molecule has 2 aliphatic rings. The fourth-order valence-corrected chi connectivity index (χ4v) is 6.82. The van der Waals surface area contributed by atoms with Crippen molar-refractivity contribution in [3.63, 3.8) is 0 Å². The van der Waals surface area contributed by atoms with Crippen LogP contribution < -0.4 is 10.2 Å². The number of carbonyl (C=O) groups excluding carboxylic acids is 1.